The van der Waals surface area contributed by atoms with Crippen LogP contribution in [0.25, 0.3) is 11.0 Å². The second kappa shape index (κ2) is 6.88. The lowest BCUT2D eigenvalue weighted by atomic mass is 10.1. The molecule has 122 valence electrons. The summed E-state index contributed by atoms with van der Waals surface area (Å²) in [5.41, 5.74) is 1.22. The summed E-state index contributed by atoms with van der Waals surface area (Å²) in [6, 6.07) is 14.1. The summed E-state index contributed by atoms with van der Waals surface area (Å²) in [6.07, 6.45) is 0. The number of rotatable bonds is 4. The predicted molar refractivity (Wildman–Crippen MR) is 95.3 cm³/mol. The zero-order chi connectivity index (χ0) is 17.1. The Morgan fingerprint density at radius 2 is 2.00 bits per heavy atom. The summed E-state index contributed by atoms with van der Waals surface area (Å²) in [6.45, 7) is 1.65. The molecule has 0 fully saturated rings. The Hall–Kier alpha value is -2.60. The average Bonchev–Trinajstić information content (AvgIpc) is 2.52. The zero-order valence-electron chi connectivity index (χ0n) is 12.8. The topological polar surface area (TPSA) is 68.5 Å². The molecule has 0 radical (unpaired) electrons. The van der Waals surface area contributed by atoms with Gasteiger partial charge in [-0.15, -0.1) is 0 Å². The number of amides is 1. The summed E-state index contributed by atoms with van der Waals surface area (Å²) in [5, 5.41) is 3.42. The van der Waals surface area contributed by atoms with E-state index >= 15 is 0 Å². The smallest absolute Gasteiger partial charge is 0.336 e. The lowest BCUT2D eigenvalue weighted by molar-refractivity contribution is -0.114. The van der Waals surface area contributed by atoms with Crippen molar-refractivity contribution in [1.29, 1.82) is 0 Å². The van der Waals surface area contributed by atoms with E-state index in [1.54, 1.807) is 18.2 Å². The maximum absolute atomic E-state index is 11.8. The van der Waals surface area contributed by atoms with Gasteiger partial charge in [0.15, 0.2) is 0 Å². The first-order chi connectivity index (χ1) is 11.5. The van der Waals surface area contributed by atoms with Crippen molar-refractivity contribution in [1.82, 2.24) is 0 Å². The van der Waals surface area contributed by atoms with Crippen LogP contribution in [-0.4, -0.2) is 5.91 Å². The molecular weight excluding hydrogens is 374 g/mol. The Morgan fingerprint density at radius 1 is 1.21 bits per heavy atom. The maximum Gasteiger partial charge on any atom is 0.336 e. The number of benzene rings is 2. The van der Waals surface area contributed by atoms with Gasteiger partial charge in [0, 0.05) is 35.7 Å². The Labute approximate surface area is 146 Å². The van der Waals surface area contributed by atoms with E-state index in [-0.39, 0.29) is 12.5 Å². The van der Waals surface area contributed by atoms with Crippen LogP contribution in [0.2, 0.25) is 0 Å². The molecule has 0 aliphatic rings. The second-order valence-corrected chi connectivity index (χ2v) is 6.06. The van der Waals surface area contributed by atoms with Crippen LogP contribution in [0.4, 0.5) is 5.69 Å². The first kappa shape index (κ1) is 16.3. The zero-order valence-corrected chi connectivity index (χ0v) is 14.4. The summed E-state index contributed by atoms with van der Waals surface area (Å²) in [7, 11) is 0. The SMILES string of the molecule is CC(=O)Nc1ccc2c(COc3ccccc3Br)cc(=O)oc2c1. The molecule has 3 aromatic rings. The van der Waals surface area contributed by atoms with Gasteiger partial charge < -0.3 is 14.5 Å². The molecular formula is C18H14BrNO4. The first-order valence-corrected chi connectivity index (χ1v) is 8.04. The Balaban J connectivity index is 1.94. The van der Waals surface area contributed by atoms with Crippen molar-refractivity contribution >= 4 is 38.5 Å². The molecule has 0 spiro atoms. The van der Waals surface area contributed by atoms with Gasteiger partial charge in [-0.1, -0.05) is 12.1 Å². The minimum absolute atomic E-state index is 0.190. The molecule has 0 saturated heterocycles. The number of carbonyl (C=O) groups excluding carboxylic acids is 1. The van der Waals surface area contributed by atoms with E-state index in [0.717, 1.165) is 9.86 Å². The number of hydrogen-bond acceptors (Lipinski definition) is 4. The van der Waals surface area contributed by atoms with Gasteiger partial charge in [-0.3, -0.25) is 4.79 Å². The lowest BCUT2D eigenvalue weighted by Gasteiger charge is -2.10. The van der Waals surface area contributed by atoms with E-state index in [0.29, 0.717) is 22.6 Å². The van der Waals surface area contributed by atoms with E-state index in [1.165, 1.54) is 13.0 Å². The van der Waals surface area contributed by atoms with E-state index < -0.39 is 5.63 Å². The minimum Gasteiger partial charge on any atom is -0.488 e. The molecule has 1 N–H and O–H groups in total. The number of halogens is 1. The number of hydrogen-bond donors (Lipinski definition) is 1. The predicted octanol–water partition coefficient (Wildman–Crippen LogP) is 4.09. The molecule has 0 aliphatic heterocycles. The van der Waals surface area contributed by atoms with Crippen molar-refractivity contribution in [3.8, 4) is 5.75 Å². The van der Waals surface area contributed by atoms with Gasteiger partial charge in [0.2, 0.25) is 5.91 Å². The monoisotopic (exact) mass is 387 g/mol. The normalized spacial score (nSPS) is 10.6. The van der Waals surface area contributed by atoms with Gasteiger partial charge >= 0.3 is 5.63 Å². The van der Waals surface area contributed by atoms with Crippen LogP contribution in [0.5, 0.6) is 5.75 Å². The van der Waals surface area contributed by atoms with Crippen LogP contribution in [0, 0.1) is 0 Å². The van der Waals surface area contributed by atoms with Gasteiger partial charge in [-0.05, 0) is 40.2 Å². The van der Waals surface area contributed by atoms with Crippen LogP contribution in [0.15, 0.2) is 62.2 Å². The molecule has 1 heterocycles. The second-order valence-electron chi connectivity index (χ2n) is 5.20. The molecule has 6 heteroatoms. The summed E-state index contributed by atoms with van der Waals surface area (Å²) in [4.78, 5) is 22.9. The fourth-order valence-corrected chi connectivity index (χ4v) is 2.75. The fourth-order valence-electron chi connectivity index (χ4n) is 2.35. The summed E-state index contributed by atoms with van der Waals surface area (Å²) in [5.74, 6) is 0.499. The minimum atomic E-state index is -0.465. The molecule has 0 aliphatic carbocycles. The third-order valence-corrected chi connectivity index (χ3v) is 4.03. The maximum atomic E-state index is 11.8. The first-order valence-electron chi connectivity index (χ1n) is 7.24. The molecule has 0 atom stereocenters. The molecule has 3 rings (SSSR count). The van der Waals surface area contributed by atoms with Crippen molar-refractivity contribution < 1.29 is 13.9 Å². The summed E-state index contributed by atoms with van der Waals surface area (Å²) < 4.78 is 11.9. The molecule has 24 heavy (non-hydrogen) atoms. The molecule has 0 saturated carbocycles. The largest absolute Gasteiger partial charge is 0.488 e. The number of nitrogens with one attached hydrogen (secondary N) is 1. The van der Waals surface area contributed by atoms with E-state index in [2.05, 4.69) is 21.2 Å². The molecule has 0 bridgehead atoms. The molecule has 1 amide bonds. The number of carbonyl (C=O) groups is 1. The highest BCUT2D eigenvalue weighted by atomic mass is 79.9. The van der Waals surface area contributed by atoms with E-state index in [4.69, 9.17) is 9.15 Å². The third-order valence-electron chi connectivity index (χ3n) is 3.37. The van der Waals surface area contributed by atoms with Gasteiger partial charge in [-0.25, -0.2) is 4.79 Å². The Morgan fingerprint density at radius 3 is 2.75 bits per heavy atom. The molecule has 2 aromatic carbocycles. The van der Waals surface area contributed by atoms with E-state index in [1.807, 2.05) is 24.3 Å². The highest BCUT2D eigenvalue weighted by molar-refractivity contribution is 9.10. The van der Waals surface area contributed by atoms with Crippen molar-refractivity contribution in [2.75, 3.05) is 5.32 Å². The highest BCUT2D eigenvalue weighted by Crippen LogP contribution is 2.26. The van der Waals surface area contributed by atoms with Gasteiger partial charge in [0.1, 0.15) is 17.9 Å². The van der Waals surface area contributed by atoms with Crippen molar-refractivity contribution in [3.63, 3.8) is 0 Å². The van der Waals surface area contributed by atoms with E-state index in [9.17, 15) is 9.59 Å². The summed E-state index contributed by atoms with van der Waals surface area (Å²) >= 11 is 3.42. The van der Waals surface area contributed by atoms with Gasteiger partial charge in [0.05, 0.1) is 4.47 Å². The average molecular weight is 388 g/mol. The Bertz CT molecular complexity index is 965. The lowest BCUT2D eigenvalue weighted by Crippen LogP contribution is -2.07. The Kier molecular flexibility index (Phi) is 4.66. The van der Waals surface area contributed by atoms with Gasteiger partial charge in [-0.2, -0.15) is 0 Å². The van der Waals surface area contributed by atoms with Crippen LogP contribution in [0.3, 0.4) is 0 Å². The van der Waals surface area contributed by atoms with Crippen LogP contribution < -0.4 is 15.7 Å². The van der Waals surface area contributed by atoms with Crippen molar-refractivity contribution in [3.05, 3.63) is 69.0 Å². The fraction of sp³-hybridized carbons (Fsp3) is 0.111. The number of para-hydroxylation sites is 1. The molecule has 0 unspecified atom stereocenters. The van der Waals surface area contributed by atoms with Crippen LogP contribution in [-0.2, 0) is 11.4 Å². The standard InChI is InChI=1S/C18H14BrNO4/c1-11(21)20-13-6-7-14-12(8-18(22)24-17(14)9-13)10-23-16-5-3-2-4-15(16)19/h2-9H,10H2,1H3,(H,20,21). The van der Waals surface area contributed by atoms with Crippen molar-refractivity contribution in [2.24, 2.45) is 0 Å². The third kappa shape index (κ3) is 3.65. The number of ether oxygens (including phenoxy) is 1. The quantitative estimate of drug-likeness (QED) is 0.684. The van der Waals surface area contributed by atoms with Crippen LogP contribution >= 0.6 is 15.9 Å². The van der Waals surface area contributed by atoms with Gasteiger partial charge in [0.25, 0.3) is 0 Å². The highest BCUT2D eigenvalue weighted by Gasteiger charge is 2.09. The molecule has 5 nitrogen and oxygen atoms in total. The number of anilines is 1. The molecule has 1 aromatic heterocycles. The van der Waals surface area contributed by atoms with Crippen LogP contribution in [0.1, 0.15) is 12.5 Å². The number of fused-ring (bicyclic) bond motifs is 1. The van der Waals surface area contributed by atoms with Crippen molar-refractivity contribution in [2.45, 2.75) is 13.5 Å².